The van der Waals surface area contributed by atoms with Gasteiger partial charge in [-0.25, -0.2) is 0 Å². The Bertz CT molecular complexity index is 383. The topological polar surface area (TPSA) is 0 Å². The molecule has 0 nitrogen and oxygen atoms in total. The first-order valence-electron chi connectivity index (χ1n) is 5.66. The summed E-state index contributed by atoms with van der Waals surface area (Å²) >= 11 is 0. The Morgan fingerprint density at radius 1 is 1.20 bits per heavy atom. The lowest BCUT2D eigenvalue weighted by molar-refractivity contribution is 0.880. The van der Waals surface area contributed by atoms with Crippen molar-refractivity contribution in [1.82, 2.24) is 0 Å². The van der Waals surface area contributed by atoms with Crippen molar-refractivity contribution in [3.8, 4) is 0 Å². The highest BCUT2D eigenvalue weighted by Gasteiger charge is 2.12. The van der Waals surface area contributed by atoms with Crippen LogP contribution in [0.2, 0.25) is 0 Å². The zero-order valence-corrected chi connectivity index (χ0v) is 9.24. The molecule has 0 unspecified atom stereocenters. The standard InChI is InChI=1S/C15H17/c1-2-3-4-5-8-13-11-12-14-9-6-7-10-15(13)14/h2-3,6-7,9-12H,4-5,8H2,1H3. The number of hydrogen-bond donors (Lipinski definition) is 0. The van der Waals surface area contributed by atoms with Crippen LogP contribution in [-0.2, 0) is 0 Å². The largest absolute Gasteiger partial charge is 0.0917 e. The van der Waals surface area contributed by atoms with Gasteiger partial charge in [0.25, 0.3) is 0 Å². The van der Waals surface area contributed by atoms with Crippen molar-refractivity contribution in [2.45, 2.75) is 26.2 Å². The number of benzene rings is 1. The van der Waals surface area contributed by atoms with E-state index < -0.39 is 0 Å². The molecule has 0 N–H and O–H groups in total. The summed E-state index contributed by atoms with van der Waals surface area (Å²) < 4.78 is 0. The second-order valence-electron chi connectivity index (χ2n) is 3.91. The Morgan fingerprint density at radius 2 is 2.07 bits per heavy atom. The molecule has 77 valence electrons. The van der Waals surface area contributed by atoms with Crippen LogP contribution in [0.1, 0.15) is 37.3 Å². The van der Waals surface area contributed by atoms with Crippen molar-refractivity contribution in [1.29, 1.82) is 0 Å². The van der Waals surface area contributed by atoms with Gasteiger partial charge in [-0.2, -0.15) is 0 Å². The molecule has 0 heteroatoms. The Balaban J connectivity index is 1.95. The SMILES string of the molecule is CC=CCCCC1=C[CH]c2ccccc21. The van der Waals surface area contributed by atoms with Crippen LogP contribution in [0.3, 0.4) is 0 Å². The van der Waals surface area contributed by atoms with Crippen LogP contribution in [0, 0.1) is 6.42 Å². The molecular weight excluding hydrogens is 180 g/mol. The van der Waals surface area contributed by atoms with Crippen molar-refractivity contribution >= 4 is 5.57 Å². The molecule has 0 bridgehead atoms. The maximum absolute atomic E-state index is 2.26. The van der Waals surface area contributed by atoms with Crippen molar-refractivity contribution in [3.05, 3.63) is 60.0 Å². The van der Waals surface area contributed by atoms with Crippen LogP contribution < -0.4 is 0 Å². The average molecular weight is 197 g/mol. The molecule has 1 radical (unpaired) electrons. The van der Waals surface area contributed by atoms with Crippen molar-refractivity contribution in [3.63, 3.8) is 0 Å². The Hall–Kier alpha value is -1.30. The second-order valence-corrected chi connectivity index (χ2v) is 3.91. The number of rotatable bonds is 4. The molecule has 0 aliphatic heterocycles. The van der Waals surface area contributed by atoms with Crippen LogP contribution >= 0.6 is 0 Å². The van der Waals surface area contributed by atoms with Crippen LogP contribution in [0.15, 0.2) is 42.5 Å². The van der Waals surface area contributed by atoms with Gasteiger partial charge in [0, 0.05) is 6.42 Å². The Kier molecular flexibility index (Phi) is 3.39. The molecule has 0 atom stereocenters. The van der Waals surface area contributed by atoms with Crippen molar-refractivity contribution < 1.29 is 0 Å². The fraction of sp³-hybridized carbons (Fsp3) is 0.267. The van der Waals surface area contributed by atoms with Gasteiger partial charge in [-0.3, -0.25) is 0 Å². The highest BCUT2D eigenvalue weighted by atomic mass is 14.2. The maximum atomic E-state index is 2.26. The molecule has 0 heterocycles. The van der Waals surface area contributed by atoms with E-state index in [0.717, 1.165) is 0 Å². The predicted molar refractivity (Wildman–Crippen MR) is 66.5 cm³/mol. The molecule has 15 heavy (non-hydrogen) atoms. The van der Waals surface area contributed by atoms with Crippen LogP contribution in [-0.4, -0.2) is 0 Å². The molecule has 1 aromatic carbocycles. The highest BCUT2D eigenvalue weighted by Crippen LogP contribution is 2.31. The van der Waals surface area contributed by atoms with Gasteiger partial charge in [0.05, 0.1) is 0 Å². The van der Waals surface area contributed by atoms with Gasteiger partial charge in [-0.15, -0.1) is 0 Å². The van der Waals surface area contributed by atoms with E-state index in [4.69, 9.17) is 0 Å². The lowest BCUT2D eigenvalue weighted by Crippen LogP contribution is -1.83. The van der Waals surface area contributed by atoms with Gasteiger partial charge >= 0.3 is 0 Å². The normalized spacial score (nSPS) is 14.3. The molecule has 1 aromatic rings. The smallest absolute Gasteiger partial charge is 0.0134 e. The van der Waals surface area contributed by atoms with Gasteiger partial charge in [0.1, 0.15) is 0 Å². The first kappa shape index (κ1) is 10.2. The third-order valence-corrected chi connectivity index (χ3v) is 2.82. The van der Waals surface area contributed by atoms with Gasteiger partial charge in [-0.1, -0.05) is 42.5 Å². The Morgan fingerprint density at radius 3 is 2.93 bits per heavy atom. The number of unbranched alkanes of at least 4 members (excludes halogenated alkanes) is 1. The number of fused-ring (bicyclic) bond motifs is 1. The van der Waals surface area contributed by atoms with Gasteiger partial charge in [0.15, 0.2) is 0 Å². The molecular formula is C15H17. The van der Waals surface area contributed by atoms with E-state index in [-0.39, 0.29) is 0 Å². The lowest BCUT2D eigenvalue weighted by Gasteiger charge is -2.04. The van der Waals surface area contributed by atoms with E-state index in [1.54, 1.807) is 0 Å². The van der Waals surface area contributed by atoms with E-state index in [9.17, 15) is 0 Å². The van der Waals surface area contributed by atoms with Gasteiger partial charge < -0.3 is 0 Å². The lowest BCUT2D eigenvalue weighted by atomic mass is 10.0. The van der Waals surface area contributed by atoms with E-state index in [1.165, 1.54) is 36.0 Å². The van der Waals surface area contributed by atoms with Crippen molar-refractivity contribution in [2.24, 2.45) is 0 Å². The fourth-order valence-corrected chi connectivity index (χ4v) is 2.01. The molecule has 0 amide bonds. The average Bonchev–Trinajstić information content (AvgIpc) is 2.68. The summed E-state index contributed by atoms with van der Waals surface area (Å²) in [7, 11) is 0. The van der Waals surface area contributed by atoms with Crippen LogP contribution in [0.5, 0.6) is 0 Å². The fourth-order valence-electron chi connectivity index (χ4n) is 2.01. The second kappa shape index (κ2) is 4.97. The summed E-state index contributed by atoms with van der Waals surface area (Å²) in [5.41, 5.74) is 4.30. The molecule has 0 aromatic heterocycles. The summed E-state index contributed by atoms with van der Waals surface area (Å²) in [6.45, 7) is 2.08. The predicted octanol–water partition coefficient (Wildman–Crippen LogP) is 4.38. The number of allylic oxidation sites excluding steroid dienone is 4. The minimum Gasteiger partial charge on any atom is -0.0917 e. The molecule has 0 spiro atoms. The van der Waals surface area contributed by atoms with Gasteiger partial charge in [0.2, 0.25) is 0 Å². The van der Waals surface area contributed by atoms with Gasteiger partial charge in [-0.05, 0) is 42.9 Å². The quantitative estimate of drug-likeness (QED) is 0.496. The molecule has 0 saturated carbocycles. The monoisotopic (exact) mass is 197 g/mol. The molecule has 2 rings (SSSR count). The molecule has 0 saturated heterocycles. The zero-order chi connectivity index (χ0) is 10.5. The third-order valence-electron chi connectivity index (χ3n) is 2.82. The highest BCUT2D eigenvalue weighted by molar-refractivity contribution is 5.76. The van der Waals surface area contributed by atoms with Crippen LogP contribution in [0.4, 0.5) is 0 Å². The zero-order valence-electron chi connectivity index (χ0n) is 9.24. The van der Waals surface area contributed by atoms with E-state index in [1.807, 2.05) is 0 Å². The van der Waals surface area contributed by atoms with E-state index >= 15 is 0 Å². The first-order valence-corrected chi connectivity index (χ1v) is 5.66. The summed E-state index contributed by atoms with van der Waals surface area (Å²) in [5, 5.41) is 0. The molecule has 1 aliphatic carbocycles. The van der Waals surface area contributed by atoms with Crippen molar-refractivity contribution in [2.75, 3.05) is 0 Å². The summed E-state index contributed by atoms with van der Waals surface area (Å²) in [6.07, 6.45) is 12.5. The van der Waals surface area contributed by atoms with Crippen LogP contribution in [0.25, 0.3) is 5.57 Å². The summed E-state index contributed by atoms with van der Waals surface area (Å²) in [4.78, 5) is 0. The summed E-state index contributed by atoms with van der Waals surface area (Å²) in [6, 6.07) is 8.63. The molecule has 1 aliphatic rings. The minimum atomic E-state index is 1.19. The van der Waals surface area contributed by atoms with E-state index in [2.05, 4.69) is 55.8 Å². The molecule has 0 fully saturated rings. The Labute approximate surface area is 92.3 Å². The minimum absolute atomic E-state index is 1.19. The number of hydrogen-bond acceptors (Lipinski definition) is 0. The maximum Gasteiger partial charge on any atom is 0.0134 e. The van der Waals surface area contributed by atoms with E-state index in [0.29, 0.717) is 0 Å². The third kappa shape index (κ3) is 2.38. The summed E-state index contributed by atoms with van der Waals surface area (Å²) in [5.74, 6) is 0. The first-order chi connectivity index (χ1) is 7.42.